The lowest BCUT2D eigenvalue weighted by Crippen LogP contribution is -2.30. The summed E-state index contributed by atoms with van der Waals surface area (Å²) >= 11 is 0. The van der Waals surface area contributed by atoms with Crippen LogP contribution in [-0.4, -0.2) is 30.6 Å². The van der Waals surface area contributed by atoms with Crippen LogP contribution in [0.5, 0.6) is 0 Å². The van der Waals surface area contributed by atoms with Crippen LogP contribution in [0, 0.1) is 6.92 Å². The second kappa shape index (κ2) is 6.41. The Labute approximate surface area is 137 Å². The molecule has 0 N–H and O–H groups in total. The van der Waals surface area contributed by atoms with E-state index in [0.29, 0.717) is 23.2 Å². The van der Waals surface area contributed by atoms with Gasteiger partial charge in [-0.2, -0.15) is 0 Å². The first kappa shape index (κ1) is 15.5. The van der Waals surface area contributed by atoms with Crippen LogP contribution in [0.2, 0.25) is 0 Å². The van der Waals surface area contributed by atoms with Crippen molar-refractivity contribution < 1.29 is 9.53 Å². The van der Waals surface area contributed by atoms with E-state index in [1.165, 1.54) is 12.7 Å². The lowest BCUT2D eigenvalue weighted by molar-refractivity contribution is 0.0599. The molecule has 4 nitrogen and oxygen atoms in total. The molecule has 1 aromatic carbocycles. The summed E-state index contributed by atoms with van der Waals surface area (Å²) in [5.74, 6) is 1.11. The largest absolute Gasteiger partial charge is 0.465 e. The number of nitrogens with zero attached hydrogens (tertiary/aromatic N) is 2. The van der Waals surface area contributed by atoms with Crippen molar-refractivity contribution in [3.8, 4) is 0 Å². The quantitative estimate of drug-likeness (QED) is 0.813. The number of rotatable bonds is 3. The first-order valence-corrected chi connectivity index (χ1v) is 7.99. The molecule has 2 atom stereocenters. The summed E-state index contributed by atoms with van der Waals surface area (Å²) in [5.41, 5.74) is 2.62. The third-order valence-electron chi connectivity index (χ3n) is 4.75. The molecule has 2 unspecified atom stereocenters. The summed E-state index contributed by atoms with van der Waals surface area (Å²) in [4.78, 5) is 18.6. The van der Waals surface area contributed by atoms with E-state index in [4.69, 9.17) is 4.74 Å². The Bertz CT molecular complexity index is 700. The average molecular weight is 310 g/mol. The monoisotopic (exact) mass is 310 g/mol. The van der Waals surface area contributed by atoms with Gasteiger partial charge >= 0.3 is 5.97 Å². The zero-order chi connectivity index (χ0) is 16.4. The lowest BCUT2D eigenvalue weighted by atomic mass is 9.93. The number of aryl methyl sites for hydroxylation is 1. The molecule has 1 aliphatic heterocycles. The third-order valence-corrected chi connectivity index (χ3v) is 4.75. The van der Waals surface area contributed by atoms with Gasteiger partial charge in [0.1, 0.15) is 5.82 Å². The van der Waals surface area contributed by atoms with Crippen molar-refractivity contribution >= 4 is 11.8 Å². The minimum atomic E-state index is -0.335. The molecule has 0 spiro atoms. The van der Waals surface area contributed by atoms with Gasteiger partial charge in [-0.15, -0.1) is 0 Å². The Kier molecular flexibility index (Phi) is 4.33. The molecular formula is C19H22N2O2. The number of pyridine rings is 1. The number of anilines is 1. The molecule has 0 radical (unpaired) electrons. The number of benzene rings is 1. The molecule has 120 valence electrons. The number of hydrogen-bond donors (Lipinski definition) is 0. The van der Waals surface area contributed by atoms with Crippen LogP contribution in [0.15, 0.2) is 42.5 Å². The maximum atomic E-state index is 11.7. The fourth-order valence-electron chi connectivity index (χ4n) is 3.44. The highest BCUT2D eigenvalue weighted by Crippen LogP contribution is 2.35. The molecule has 0 saturated carbocycles. The van der Waals surface area contributed by atoms with Crippen molar-refractivity contribution in [1.29, 1.82) is 0 Å². The highest BCUT2D eigenvalue weighted by Gasteiger charge is 2.32. The first-order valence-electron chi connectivity index (χ1n) is 7.99. The van der Waals surface area contributed by atoms with Gasteiger partial charge in [0.25, 0.3) is 0 Å². The fourth-order valence-corrected chi connectivity index (χ4v) is 3.44. The van der Waals surface area contributed by atoms with E-state index < -0.39 is 0 Å². The van der Waals surface area contributed by atoms with E-state index in [-0.39, 0.29) is 5.97 Å². The minimum absolute atomic E-state index is 0.335. The molecule has 1 aliphatic rings. The van der Waals surface area contributed by atoms with Gasteiger partial charge in [0.05, 0.1) is 18.4 Å². The van der Waals surface area contributed by atoms with Gasteiger partial charge in [-0.05, 0) is 38.0 Å². The van der Waals surface area contributed by atoms with Gasteiger partial charge in [0, 0.05) is 18.5 Å². The minimum Gasteiger partial charge on any atom is -0.465 e. The van der Waals surface area contributed by atoms with Crippen LogP contribution in [0.1, 0.15) is 40.9 Å². The maximum absolute atomic E-state index is 11.7. The molecule has 2 heterocycles. The molecule has 23 heavy (non-hydrogen) atoms. The zero-order valence-corrected chi connectivity index (χ0v) is 13.8. The van der Waals surface area contributed by atoms with Crippen LogP contribution in [0.3, 0.4) is 0 Å². The Morgan fingerprint density at radius 2 is 1.96 bits per heavy atom. The molecule has 2 aromatic rings. The average Bonchev–Trinajstić information content (AvgIpc) is 2.96. The van der Waals surface area contributed by atoms with Crippen molar-refractivity contribution in [2.24, 2.45) is 0 Å². The third kappa shape index (κ3) is 2.93. The lowest BCUT2D eigenvalue weighted by Gasteiger charge is -2.26. The molecule has 1 saturated heterocycles. The fraction of sp³-hybridized carbons (Fsp3) is 0.368. The molecule has 0 bridgehead atoms. The number of hydrogen-bond acceptors (Lipinski definition) is 4. The van der Waals surface area contributed by atoms with Crippen molar-refractivity contribution in [3.05, 3.63) is 59.3 Å². The van der Waals surface area contributed by atoms with Gasteiger partial charge < -0.3 is 9.64 Å². The van der Waals surface area contributed by atoms with Gasteiger partial charge in [-0.3, -0.25) is 0 Å². The summed E-state index contributed by atoms with van der Waals surface area (Å²) in [6.45, 7) is 5.08. The Hall–Kier alpha value is -2.36. The molecule has 1 fully saturated rings. The predicted molar refractivity (Wildman–Crippen MR) is 90.9 cm³/mol. The van der Waals surface area contributed by atoms with Gasteiger partial charge in [-0.25, -0.2) is 9.78 Å². The summed E-state index contributed by atoms with van der Waals surface area (Å²) in [5, 5.41) is 0. The van der Waals surface area contributed by atoms with Gasteiger partial charge in [-0.1, -0.05) is 30.3 Å². The highest BCUT2D eigenvalue weighted by atomic mass is 16.5. The second-order valence-electron chi connectivity index (χ2n) is 6.03. The molecule has 1 aromatic heterocycles. The molecule has 3 rings (SSSR count). The molecule has 0 amide bonds. The maximum Gasteiger partial charge on any atom is 0.339 e. The number of ether oxygens (including phenoxy) is 1. The van der Waals surface area contributed by atoms with E-state index in [2.05, 4.69) is 47.1 Å². The van der Waals surface area contributed by atoms with Gasteiger partial charge in [0.15, 0.2) is 0 Å². The van der Waals surface area contributed by atoms with Crippen molar-refractivity contribution in [3.63, 3.8) is 0 Å². The van der Waals surface area contributed by atoms with E-state index in [1.807, 2.05) is 19.1 Å². The van der Waals surface area contributed by atoms with Crippen LogP contribution < -0.4 is 4.90 Å². The van der Waals surface area contributed by atoms with Crippen molar-refractivity contribution in [1.82, 2.24) is 4.98 Å². The van der Waals surface area contributed by atoms with Crippen molar-refractivity contribution in [2.45, 2.75) is 32.2 Å². The summed E-state index contributed by atoms with van der Waals surface area (Å²) in [7, 11) is 1.39. The number of carbonyl (C=O) groups excluding carboxylic acids is 1. The van der Waals surface area contributed by atoms with E-state index in [9.17, 15) is 4.79 Å². The zero-order valence-electron chi connectivity index (χ0n) is 13.8. The topological polar surface area (TPSA) is 42.4 Å². The predicted octanol–water partition coefficient (Wildman–Crippen LogP) is 3.56. The summed E-state index contributed by atoms with van der Waals surface area (Å²) < 4.78 is 4.79. The molecule has 0 aliphatic carbocycles. The van der Waals surface area contributed by atoms with Crippen molar-refractivity contribution in [2.75, 3.05) is 18.6 Å². The smallest absolute Gasteiger partial charge is 0.339 e. The summed E-state index contributed by atoms with van der Waals surface area (Å²) in [6.07, 6.45) is 1.12. The van der Waals surface area contributed by atoms with Crippen LogP contribution in [0.4, 0.5) is 5.82 Å². The van der Waals surface area contributed by atoms with Crippen LogP contribution in [0.25, 0.3) is 0 Å². The SMILES string of the molecule is COC(=O)c1ccc(N2CCC(c3ccccc3)C2C)nc1C. The normalized spacial score (nSPS) is 20.6. The van der Waals surface area contributed by atoms with Crippen LogP contribution in [-0.2, 0) is 4.74 Å². The standard InChI is InChI=1S/C19H22N2O2/c1-13-16(19(22)23-3)9-10-18(20-13)21-12-11-17(14(21)2)15-7-5-4-6-8-15/h4-10,14,17H,11-12H2,1-3H3. The van der Waals surface area contributed by atoms with Crippen LogP contribution >= 0.6 is 0 Å². The number of esters is 1. The Balaban J connectivity index is 1.83. The first-order chi connectivity index (χ1) is 11.1. The van der Waals surface area contributed by atoms with E-state index >= 15 is 0 Å². The number of aromatic nitrogens is 1. The summed E-state index contributed by atoms with van der Waals surface area (Å²) in [6, 6.07) is 14.8. The van der Waals surface area contributed by atoms with Gasteiger partial charge in [0.2, 0.25) is 0 Å². The number of methoxy groups -OCH3 is 1. The highest BCUT2D eigenvalue weighted by molar-refractivity contribution is 5.90. The Morgan fingerprint density at radius 1 is 1.22 bits per heavy atom. The second-order valence-corrected chi connectivity index (χ2v) is 6.03. The van der Waals surface area contributed by atoms with E-state index in [0.717, 1.165) is 18.8 Å². The number of carbonyl (C=O) groups is 1. The molecule has 4 heteroatoms. The Morgan fingerprint density at radius 3 is 2.61 bits per heavy atom. The van der Waals surface area contributed by atoms with E-state index in [1.54, 1.807) is 0 Å². The molecular weight excluding hydrogens is 288 g/mol.